The summed E-state index contributed by atoms with van der Waals surface area (Å²) in [7, 11) is 0. The lowest BCUT2D eigenvalue weighted by atomic mass is 9.68. The van der Waals surface area contributed by atoms with E-state index in [9.17, 15) is 50.2 Å². The average Bonchev–Trinajstić information content (AvgIpc) is 2.77. The first-order valence-electron chi connectivity index (χ1n) is 10.3. The van der Waals surface area contributed by atoms with Crippen LogP contribution in [0.4, 0.5) is 36.4 Å². The maximum Gasteiger partial charge on any atom is 0.416 e. The summed E-state index contributed by atoms with van der Waals surface area (Å²) < 4.78 is 91.5. The molecule has 0 bridgehead atoms. The molecule has 0 aliphatic heterocycles. The number of hydrogen-bond donors (Lipinski definition) is 2. The lowest BCUT2D eigenvalue weighted by molar-refractivity contribution is -0.149. The minimum atomic E-state index is -4.81. The Labute approximate surface area is 193 Å². The van der Waals surface area contributed by atoms with Crippen LogP contribution >= 0.6 is 0 Å². The van der Waals surface area contributed by atoms with E-state index < -0.39 is 64.6 Å². The molecule has 0 saturated heterocycles. The minimum Gasteiger partial charge on any atom is -0.481 e. The number of aldehydes is 1. The monoisotopic (exact) mass is 505 g/mol. The van der Waals surface area contributed by atoms with E-state index in [0.29, 0.717) is 24.3 Å². The summed E-state index contributed by atoms with van der Waals surface area (Å²) in [6.45, 7) is 0. The molecule has 35 heavy (non-hydrogen) atoms. The Morgan fingerprint density at radius 3 is 2.09 bits per heavy atom. The molecule has 0 heterocycles. The molecule has 1 saturated carbocycles. The normalized spacial score (nSPS) is 20.8. The molecule has 1 aliphatic rings. The van der Waals surface area contributed by atoms with Gasteiger partial charge in [0.1, 0.15) is 12.1 Å². The largest absolute Gasteiger partial charge is 0.481 e. The lowest BCUT2D eigenvalue weighted by Gasteiger charge is -2.35. The number of carboxylic acids is 1. The number of benzene rings is 2. The van der Waals surface area contributed by atoms with E-state index >= 15 is 0 Å². The number of carbonyl (C=O) groups is 3. The molecule has 0 aromatic heterocycles. The van der Waals surface area contributed by atoms with Crippen molar-refractivity contribution in [2.45, 2.75) is 37.5 Å². The van der Waals surface area contributed by atoms with Crippen molar-refractivity contribution in [2.75, 3.05) is 5.32 Å². The predicted molar refractivity (Wildman–Crippen MR) is 108 cm³/mol. The fourth-order valence-electron chi connectivity index (χ4n) is 4.39. The quantitative estimate of drug-likeness (QED) is 0.392. The van der Waals surface area contributed by atoms with E-state index in [1.54, 1.807) is 0 Å². The fraction of sp³-hybridized carbons (Fsp3) is 0.348. The van der Waals surface area contributed by atoms with Crippen LogP contribution in [-0.4, -0.2) is 23.3 Å². The van der Waals surface area contributed by atoms with Gasteiger partial charge in [0.25, 0.3) is 0 Å². The topological polar surface area (TPSA) is 83.5 Å². The van der Waals surface area contributed by atoms with E-state index in [0.717, 1.165) is 6.07 Å². The van der Waals surface area contributed by atoms with Crippen LogP contribution in [0.5, 0.6) is 0 Å². The zero-order valence-electron chi connectivity index (χ0n) is 17.7. The molecule has 2 N–H and O–H groups in total. The summed E-state index contributed by atoms with van der Waals surface area (Å²) in [6.07, 6.45) is -8.93. The van der Waals surface area contributed by atoms with Crippen LogP contribution in [0.15, 0.2) is 36.4 Å². The number of alkyl halides is 6. The number of aliphatic carboxylic acids is 1. The number of halogens is 7. The van der Waals surface area contributed by atoms with Crippen LogP contribution in [0.3, 0.4) is 0 Å². The number of carboxylic acid groups (broad SMARTS) is 1. The van der Waals surface area contributed by atoms with Gasteiger partial charge >= 0.3 is 18.3 Å². The van der Waals surface area contributed by atoms with Crippen LogP contribution in [0.1, 0.15) is 52.2 Å². The zero-order chi connectivity index (χ0) is 26.1. The Hall–Kier alpha value is -3.44. The van der Waals surface area contributed by atoms with Crippen molar-refractivity contribution in [3.63, 3.8) is 0 Å². The van der Waals surface area contributed by atoms with Crippen molar-refractivity contribution in [3.05, 3.63) is 64.5 Å². The molecule has 0 radical (unpaired) electrons. The van der Waals surface area contributed by atoms with Gasteiger partial charge in [0.05, 0.1) is 28.7 Å². The molecule has 5 nitrogen and oxygen atoms in total. The summed E-state index contributed by atoms with van der Waals surface area (Å²) in [6, 6.07) is 3.75. The molecule has 1 amide bonds. The minimum absolute atomic E-state index is 0.0264. The van der Waals surface area contributed by atoms with E-state index in [1.807, 2.05) is 0 Å². The zero-order valence-corrected chi connectivity index (χ0v) is 17.7. The Morgan fingerprint density at radius 2 is 1.54 bits per heavy atom. The van der Waals surface area contributed by atoms with Crippen LogP contribution < -0.4 is 5.32 Å². The van der Waals surface area contributed by atoms with Crippen LogP contribution in [0.25, 0.3) is 0 Å². The Balaban J connectivity index is 1.92. The maximum absolute atomic E-state index is 14.2. The van der Waals surface area contributed by atoms with Gasteiger partial charge < -0.3 is 10.4 Å². The molecule has 12 heteroatoms. The highest BCUT2D eigenvalue weighted by atomic mass is 19.4. The van der Waals surface area contributed by atoms with Crippen molar-refractivity contribution in [2.24, 2.45) is 11.8 Å². The highest BCUT2D eigenvalue weighted by molar-refractivity contribution is 5.95. The summed E-state index contributed by atoms with van der Waals surface area (Å²) in [5.74, 6) is -7.57. The third-order valence-electron chi connectivity index (χ3n) is 6.01. The number of carbonyl (C=O) groups excluding carboxylic acids is 2. The highest BCUT2D eigenvalue weighted by Gasteiger charge is 2.44. The van der Waals surface area contributed by atoms with Crippen molar-refractivity contribution in [1.29, 1.82) is 0 Å². The first kappa shape index (κ1) is 26.2. The SMILES string of the molecule is O=Cc1cc(C(F)(F)F)ccc1[C@H]1CCC[C@@H](C(=O)Nc2ccc(C(F)(F)F)cc2F)[C@@H]1C(=O)O. The molecule has 0 spiro atoms. The van der Waals surface area contributed by atoms with Gasteiger partial charge in [0.2, 0.25) is 5.91 Å². The Morgan fingerprint density at radius 1 is 0.943 bits per heavy atom. The molecule has 1 aliphatic carbocycles. The summed E-state index contributed by atoms with van der Waals surface area (Å²) >= 11 is 0. The summed E-state index contributed by atoms with van der Waals surface area (Å²) in [5.41, 5.74) is -3.31. The number of anilines is 1. The average molecular weight is 505 g/mol. The number of amides is 1. The first-order chi connectivity index (χ1) is 16.2. The van der Waals surface area contributed by atoms with E-state index in [-0.39, 0.29) is 42.7 Å². The molecular formula is C23H18F7NO4. The van der Waals surface area contributed by atoms with E-state index in [2.05, 4.69) is 5.32 Å². The van der Waals surface area contributed by atoms with E-state index in [1.165, 1.54) is 0 Å². The first-order valence-corrected chi connectivity index (χ1v) is 10.3. The van der Waals surface area contributed by atoms with Crippen molar-refractivity contribution in [1.82, 2.24) is 0 Å². The van der Waals surface area contributed by atoms with Gasteiger partial charge in [-0.15, -0.1) is 0 Å². The molecule has 2 aromatic carbocycles. The van der Waals surface area contributed by atoms with E-state index in [4.69, 9.17) is 0 Å². The fourth-order valence-corrected chi connectivity index (χ4v) is 4.39. The van der Waals surface area contributed by atoms with Crippen LogP contribution in [-0.2, 0) is 21.9 Å². The molecular weight excluding hydrogens is 487 g/mol. The van der Waals surface area contributed by atoms with Gasteiger partial charge in [-0.2, -0.15) is 26.3 Å². The van der Waals surface area contributed by atoms with Gasteiger partial charge in [-0.1, -0.05) is 12.5 Å². The van der Waals surface area contributed by atoms with Gasteiger partial charge in [0.15, 0.2) is 0 Å². The summed E-state index contributed by atoms with van der Waals surface area (Å²) in [4.78, 5) is 36.5. The molecule has 3 atom stereocenters. The molecule has 3 rings (SSSR count). The van der Waals surface area contributed by atoms with Gasteiger partial charge in [0, 0.05) is 5.56 Å². The van der Waals surface area contributed by atoms with Crippen molar-refractivity contribution in [3.8, 4) is 0 Å². The molecule has 0 unspecified atom stereocenters. The Kier molecular flexibility index (Phi) is 7.23. The summed E-state index contributed by atoms with van der Waals surface area (Å²) in [5, 5.41) is 11.9. The van der Waals surface area contributed by atoms with Crippen molar-refractivity contribution < 1.29 is 50.2 Å². The predicted octanol–water partition coefficient (Wildman–Crippen LogP) is 5.90. The van der Waals surface area contributed by atoms with Crippen LogP contribution in [0.2, 0.25) is 0 Å². The van der Waals surface area contributed by atoms with Crippen LogP contribution in [0, 0.1) is 17.7 Å². The highest BCUT2D eigenvalue weighted by Crippen LogP contribution is 2.44. The third-order valence-corrected chi connectivity index (χ3v) is 6.01. The van der Waals surface area contributed by atoms with Gasteiger partial charge in [-0.05, 0) is 54.7 Å². The lowest BCUT2D eigenvalue weighted by Crippen LogP contribution is -2.40. The third kappa shape index (κ3) is 5.63. The smallest absolute Gasteiger partial charge is 0.416 e. The van der Waals surface area contributed by atoms with Gasteiger partial charge in [-0.25, -0.2) is 4.39 Å². The maximum atomic E-state index is 14.2. The number of rotatable bonds is 5. The molecule has 2 aromatic rings. The molecule has 1 fully saturated rings. The van der Waals surface area contributed by atoms with Gasteiger partial charge in [-0.3, -0.25) is 14.4 Å². The standard InChI is InChI=1S/C23H18F7NO4/c24-17-9-13(23(28,29)30)5-7-18(17)31-20(33)16-3-1-2-15(19(16)21(34)35)14-6-4-12(22(25,26)27)8-11(14)10-32/h4-10,15-16,19H,1-3H2,(H,31,33)(H,34,35)/t15-,16-,19-/m1/s1. The Bertz CT molecular complexity index is 1140. The number of hydrogen-bond acceptors (Lipinski definition) is 3. The molecule has 188 valence electrons. The van der Waals surface area contributed by atoms with Crippen molar-refractivity contribution >= 4 is 23.9 Å². The number of nitrogens with one attached hydrogen (secondary N) is 1. The second kappa shape index (κ2) is 9.67. The second-order valence-electron chi connectivity index (χ2n) is 8.15. The second-order valence-corrected chi connectivity index (χ2v) is 8.15.